The van der Waals surface area contributed by atoms with Gasteiger partial charge in [0.05, 0.1) is 5.69 Å². The van der Waals surface area contributed by atoms with Gasteiger partial charge in [0.15, 0.2) is 0 Å². The number of aryl methyl sites for hydroxylation is 1. The summed E-state index contributed by atoms with van der Waals surface area (Å²) in [6.45, 7) is 3.83. The number of anilines is 1. The molecule has 4 nitrogen and oxygen atoms in total. The van der Waals surface area contributed by atoms with Gasteiger partial charge in [-0.3, -0.25) is 4.72 Å². The summed E-state index contributed by atoms with van der Waals surface area (Å²) in [5.74, 6) is -0.801. The van der Waals surface area contributed by atoms with Crippen molar-refractivity contribution in [1.29, 1.82) is 0 Å². The van der Waals surface area contributed by atoms with Crippen LogP contribution in [-0.2, 0) is 16.6 Å². The van der Waals surface area contributed by atoms with Crippen molar-refractivity contribution in [2.75, 3.05) is 4.72 Å². The molecule has 0 aliphatic carbocycles. The van der Waals surface area contributed by atoms with Crippen LogP contribution in [0.2, 0.25) is 0 Å². The van der Waals surface area contributed by atoms with Gasteiger partial charge in [0.2, 0.25) is 0 Å². The molecule has 0 aliphatic rings. The molecule has 2 aromatic rings. The molecule has 0 aromatic heterocycles. The Labute approximate surface area is 123 Å². The monoisotopic (exact) mass is 308 g/mol. The Morgan fingerprint density at radius 2 is 1.90 bits per heavy atom. The maximum atomic E-state index is 13.8. The molecule has 6 heteroatoms. The van der Waals surface area contributed by atoms with Crippen molar-refractivity contribution in [3.05, 3.63) is 58.9 Å². The normalized spacial score (nSPS) is 11.4. The summed E-state index contributed by atoms with van der Waals surface area (Å²) in [6, 6.07) is 9.09. The summed E-state index contributed by atoms with van der Waals surface area (Å²) in [5.41, 5.74) is 8.21. The number of nitrogens with two attached hydrogens (primary N) is 1. The van der Waals surface area contributed by atoms with Crippen LogP contribution in [0.25, 0.3) is 0 Å². The van der Waals surface area contributed by atoms with E-state index in [2.05, 4.69) is 4.72 Å². The second-order valence-corrected chi connectivity index (χ2v) is 6.47. The number of sulfonamides is 1. The molecule has 0 saturated carbocycles. The Kier molecular flexibility index (Phi) is 4.29. The lowest BCUT2D eigenvalue weighted by molar-refractivity contribution is 0.569. The van der Waals surface area contributed by atoms with Crippen molar-refractivity contribution in [2.24, 2.45) is 5.73 Å². The molecule has 0 atom stereocenters. The molecule has 0 spiro atoms. The van der Waals surface area contributed by atoms with Crippen LogP contribution in [-0.4, -0.2) is 8.42 Å². The van der Waals surface area contributed by atoms with Gasteiger partial charge < -0.3 is 5.73 Å². The fourth-order valence-corrected chi connectivity index (χ4v) is 3.19. The zero-order chi connectivity index (χ0) is 15.6. The Morgan fingerprint density at radius 1 is 1.19 bits per heavy atom. The van der Waals surface area contributed by atoms with Gasteiger partial charge in [0, 0.05) is 6.54 Å². The fourth-order valence-electron chi connectivity index (χ4n) is 1.94. The van der Waals surface area contributed by atoms with Crippen molar-refractivity contribution >= 4 is 15.7 Å². The maximum Gasteiger partial charge on any atom is 0.264 e. The molecule has 0 unspecified atom stereocenters. The molecule has 0 saturated heterocycles. The summed E-state index contributed by atoms with van der Waals surface area (Å²) >= 11 is 0. The quantitative estimate of drug-likeness (QED) is 0.912. The first kappa shape index (κ1) is 15.5. The first-order valence-corrected chi connectivity index (χ1v) is 7.91. The Bertz CT molecular complexity index is 773. The average molecular weight is 308 g/mol. The van der Waals surface area contributed by atoms with Gasteiger partial charge in [0.25, 0.3) is 10.0 Å². The van der Waals surface area contributed by atoms with Crippen LogP contribution in [0.3, 0.4) is 0 Å². The average Bonchev–Trinajstić information content (AvgIpc) is 2.44. The van der Waals surface area contributed by atoms with Crippen molar-refractivity contribution in [2.45, 2.75) is 25.3 Å². The van der Waals surface area contributed by atoms with Gasteiger partial charge in [-0.1, -0.05) is 18.2 Å². The number of nitrogens with one attached hydrogen (secondary N) is 1. The van der Waals surface area contributed by atoms with Gasteiger partial charge in [0.1, 0.15) is 10.7 Å². The fraction of sp³-hybridized carbons (Fsp3) is 0.200. The van der Waals surface area contributed by atoms with Gasteiger partial charge in [-0.15, -0.1) is 0 Å². The maximum absolute atomic E-state index is 13.8. The standard InChI is InChI=1S/C15H17FN2O2S/c1-10-4-3-5-14(11(10)2)18-21(19,20)15-8-12(9-17)6-7-13(15)16/h3-8,18H,9,17H2,1-2H3. The van der Waals surface area contributed by atoms with Crippen LogP contribution in [0.4, 0.5) is 10.1 Å². The van der Waals surface area contributed by atoms with Gasteiger partial charge in [-0.2, -0.15) is 0 Å². The lowest BCUT2D eigenvalue weighted by Gasteiger charge is -2.13. The summed E-state index contributed by atoms with van der Waals surface area (Å²) in [4.78, 5) is -0.397. The Balaban J connectivity index is 2.46. The summed E-state index contributed by atoms with van der Waals surface area (Å²) in [5, 5.41) is 0. The van der Waals surface area contributed by atoms with Crippen LogP contribution in [0, 0.1) is 19.7 Å². The Hall–Kier alpha value is -1.92. The molecule has 0 heterocycles. The molecule has 2 aromatic carbocycles. The third-order valence-electron chi connectivity index (χ3n) is 3.37. The van der Waals surface area contributed by atoms with Crippen molar-refractivity contribution in [1.82, 2.24) is 0 Å². The first-order valence-electron chi connectivity index (χ1n) is 6.42. The van der Waals surface area contributed by atoms with E-state index in [9.17, 15) is 12.8 Å². The van der Waals surface area contributed by atoms with Gasteiger partial charge >= 0.3 is 0 Å². The predicted molar refractivity (Wildman–Crippen MR) is 81.0 cm³/mol. The smallest absolute Gasteiger partial charge is 0.264 e. The lowest BCUT2D eigenvalue weighted by atomic mass is 10.1. The minimum Gasteiger partial charge on any atom is -0.326 e. The van der Waals surface area contributed by atoms with Crippen LogP contribution < -0.4 is 10.5 Å². The Morgan fingerprint density at radius 3 is 2.57 bits per heavy atom. The highest BCUT2D eigenvalue weighted by molar-refractivity contribution is 7.92. The highest BCUT2D eigenvalue weighted by Crippen LogP contribution is 2.24. The van der Waals surface area contributed by atoms with Crippen LogP contribution in [0.15, 0.2) is 41.3 Å². The zero-order valence-electron chi connectivity index (χ0n) is 11.9. The van der Waals surface area contributed by atoms with E-state index in [0.717, 1.165) is 17.2 Å². The van der Waals surface area contributed by atoms with Crippen LogP contribution >= 0.6 is 0 Å². The molecular formula is C15H17FN2O2S. The number of hydrogen-bond acceptors (Lipinski definition) is 3. The van der Waals surface area contributed by atoms with Crippen LogP contribution in [0.5, 0.6) is 0 Å². The van der Waals surface area contributed by atoms with E-state index in [4.69, 9.17) is 5.73 Å². The second kappa shape index (κ2) is 5.83. The third kappa shape index (κ3) is 3.22. The van der Waals surface area contributed by atoms with E-state index in [0.29, 0.717) is 11.3 Å². The topological polar surface area (TPSA) is 72.2 Å². The van der Waals surface area contributed by atoms with Gasteiger partial charge in [-0.25, -0.2) is 12.8 Å². The van der Waals surface area contributed by atoms with E-state index in [1.807, 2.05) is 13.0 Å². The molecule has 0 fully saturated rings. The number of benzene rings is 2. The molecule has 112 valence electrons. The molecule has 21 heavy (non-hydrogen) atoms. The van der Waals surface area contributed by atoms with Crippen LogP contribution in [0.1, 0.15) is 16.7 Å². The summed E-state index contributed by atoms with van der Waals surface area (Å²) in [7, 11) is -4.00. The van der Waals surface area contributed by atoms with Gasteiger partial charge in [-0.05, 0) is 48.7 Å². The predicted octanol–water partition coefficient (Wildman–Crippen LogP) is 2.70. The van der Waals surface area contributed by atoms with E-state index in [-0.39, 0.29) is 6.54 Å². The molecule has 0 aliphatic heterocycles. The molecule has 0 bridgehead atoms. The minimum atomic E-state index is -4.00. The molecule has 3 N–H and O–H groups in total. The molecule has 0 radical (unpaired) electrons. The zero-order valence-corrected chi connectivity index (χ0v) is 12.7. The van der Waals surface area contributed by atoms with Crippen molar-refractivity contribution in [3.8, 4) is 0 Å². The molecular weight excluding hydrogens is 291 g/mol. The number of hydrogen-bond donors (Lipinski definition) is 2. The number of rotatable bonds is 4. The lowest BCUT2D eigenvalue weighted by Crippen LogP contribution is -2.16. The van der Waals surface area contributed by atoms with Crippen molar-refractivity contribution < 1.29 is 12.8 Å². The first-order chi connectivity index (χ1) is 9.85. The number of halogens is 1. The molecule has 2 rings (SSSR count). The highest BCUT2D eigenvalue weighted by Gasteiger charge is 2.20. The van der Waals surface area contributed by atoms with E-state index < -0.39 is 20.7 Å². The van der Waals surface area contributed by atoms with E-state index in [1.54, 1.807) is 19.1 Å². The SMILES string of the molecule is Cc1cccc(NS(=O)(=O)c2cc(CN)ccc2F)c1C. The highest BCUT2D eigenvalue weighted by atomic mass is 32.2. The van der Waals surface area contributed by atoms with E-state index >= 15 is 0 Å². The third-order valence-corrected chi connectivity index (χ3v) is 4.75. The summed E-state index contributed by atoms with van der Waals surface area (Å²) < 4.78 is 41.0. The minimum absolute atomic E-state index is 0.145. The largest absolute Gasteiger partial charge is 0.326 e. The van der Waals surface area contributed by atoms with E-state index in [1.165, 1.54) is 12.1 Å². The van der Waals surface area contributed by atoms with Crippen molar-refractivity contribution in [3.63, 3.8) is 0 Å². The molecule has 0 amide bonds. The second-order valence-electron chi connectivity index (χ2n) is 4.82. The summed E-state index contributed by atoms with van der Waals surface area (Å²) in [6.07, 6.45) is 0.